The van der Waals surface area contributed by atoms with Crippen LogP contribution in [-0.4, -0.2) is 43.0 Å². The van der Waals surface area contributed by atoms with Gasteiger partial charge in [-0.05, 0) is 32.1 Å². The summed E-state index contributed by atoms with van der Waals surface area (Å²) in [6.45, 7) is 2.66. The van der Waals surface area contributed by atoms with Crippen LogP contribution in [0.1, 0.15) is 39.0 Å². The van der Waals surface area contributed by atoms with Crippen LogP contribution in [0.3, 0.4) is 0 Å². The van der Waals surface area contributed by atoms with Gasteiger partial charge in [0.2, 0.25) is 5.91 Å². The highest BCUT2D eigenvalue weighted by molar-refractivity contribution is 5.83. The summed E-state index contributed by atoms with van der Waals surface area (Å²) in [5.74, 6) is -0.250. The van der Waals surface area contributed by atoms with Gasteiger partial charge >= 0.3 is 5.97 Å². The van der Waals surface area contributed by atoms with E-state index in [0.717, 1.165) is 32.1 Å². The molecule has 1 aliphatic rings. The fourth-order valence-corrected chi connectivity index (χ4v) is 2.38. The molecule has 1 rings (SSSR count). The number of amides is 1. The SMILES string of the molecule is CCCN(CC(=O)OC)C(=O)C1CCC(N)CC1. The Morgan fingerprint density at radius 1 is 1.28 bits per heavy atom. The summed E-state index contributed by atoms with van der Waals surface area (Å²) in [5.41, 5.74) is 5.84. The van der Waals surface area contributed by atoms with E-state index in [1.54, 1.807) is 4.90 Å². The predicted octanol–water partition coefficient (Wildman–Crippen LogP) is 0.915. The van der Waals surface area contributed by atoms with Crippen molar-refractivity contribution in [3.63, 3.8) is 0 Å². The van der Waals surface area contributed by atoms with Gasteiger partial charge in [-0.25, -0.2) is 0 Å². The standard InChI is InChI=1S/C13H24N2O3/c1-3-8-15(9-12(16)18-2)13(17)10-4-6-11(14)7-5-10/h10-11H,3-9,14H2,1-2H3. The van der Waals surface area contributed by atoms with Gasteiger partial charge in [0.05, 0.1) is 7.11 Å². The molecule has 2 N–H and O–H groups in total. The van der Waals surface area contributed by atoms with Gasteiger partial charge in [0.25, 0.3) is 0 Å². The topological polar surface area (TPSA) is 72.6 Å². The normalized spacial score (nSPS) is 23.5. The lowest BCUT2D eigenvalue weighted by Gasteiger charge is -2.30. The second-order valence-electron chi connectivity index (χ2n) is 4.95. The van der Waals surface area contributed by atoms with E-state index < -0.39 is 0 Å². The minimum absolute atomic E-state index is 0.0287. The van der Waals surface area contributed by atoms with Crippen molar-refractivity contribution in [1.82, 2.24) is 4.90 Å². The summed E-state index contributed by atoms with van der Waals surface area (Å²) in [5, 5.41) is 0. The van der Waals surface area contributed by atoms with Gasteiger partial charge in [0, 0.05) is 18.5 Å². The van der Waals surface area contributed by atoms with Gasteiger partial charge in [0.1, 0.15) is 6.54 Å². The van der Waals surface area contributed by atoms with Crippen LogP contribution in [0.15, 0.2) is 0 Å². The first-order valence-corrected chi connectivity index (χ1v) is 6.69. The quantitative estimate of drug-likeness (QED) is 0.742. The second kappa shape index (κ2) is 7.36. The molecule has 5 nitrogen and oxygen atoms in total. The van der Waals surface area contributed by atoms with E-state index in [1.165, 1.54) is 7.11 Å². The minimum atomic E-state index is -0.357. The molecular weight excluding hydrogens is 232 g/mol. The Labute approximate surface area is 109 Å². The van der Waals surface area contributed by atoms with Crippen LogP contribution in [0.4, 0.5) is 0 Å². The van der Waals surface area contributed by atoms with Crippen LogP contribution in [0, 0.1) is 5.92 Å². The zero-order valence-electron chi connectivity index (χ0n) is 11.4. The molecule has 0 heterocycles. The molecule has 5 heteroatoms. The summed E-state index contributed by atoms with van der Waals surface area (Å²) in [4.78, 5) is 25.2. The van der Waals surface area contributed by atoms with E-state index in [-0.39, 0.29) is 30.4 Å². The Morgan fingerprint density at radius 3 is 2.39 bits per heavy atom. The Hall–Kier alpha value is -1.10. The first kappa shape index (κ1) is 15.0. The fraction of sp³-hybridized carbons (Fsp3) is 0.846. The van der Waals surface area contributed by atoms with E-state index in [2.05, 4.69) is 4.74 Å². The molecule has 0 aromatic carbocycles. The number of rotatable bonds is 5. The van der Waals surface area contributed by atoms with Crippen molar-refractivity contribution in [1.29, 1.82) is 0 Å². The Kier molecular flexibility index (Phi) is 6.12. The third-order valence-electron chi connectivity index (χ3n) is 3.47. The molecule has 18 heavy (non-hydrogen) atoms. The predicted molar refractivity (Wildman–Crippen MR) is 68.8 cm³/mol. The Balaban J connectivity index is 2.55. The number of nitrogens with zero attached hydrogens (tertiary/aromatic N) is 1. The molecule has 0 aromatic heterocycles. The number of nitrogens with two attached hydrogens (primary N) is 1. The van der Waals surface area contributed by atoms with E-state index in [4.69, 9.17) is 5.73 Å². The number of esters is 1. The smallest absolute Gasteiger partial charge is 0.325 e. The number of ether oxygens (including phenoxy) is 1. The molecule has 0 unspecified atom stereocenters. The monoisotopic (exact) mass is 256 g/mol. The molecule has 1 saturated carbocycles. The average Bonchev–Trinajstić information content (AvgIpc) is 2.38. The maximum absolute atomic E-state index is 12.3. The van der Waals surface area contributed by atoms with Crippen molar-refractivity contribution in [3.05, 3.63) is 0 Å². The third kappa shape index (κ3) is 4.29. The van der Waals surface area contributed by atoms with Crippen molar-refractivity contribution in [2.24, 2.45) is 11.7 Å². The Morgan fingerprint density at radius 2 is 1.89 bits per heavy atom. The average molecular weight is 256 g/mol. The van der Waals surface area contributed by atoms with Crippen LogP contribution >= 0.6 is 0 Å². The third-order valence-corrected chi connectivity index (χ3v) is 3.47. The summed E-state index contributed by atoms with van der Waals surface area (Å²) in [6.07, 6.45) is 4.31. The highest BCUT2D eigenvalue weighted by atomic mass is 16.5. The molecule has 1 fully saturated rings. The zero-order chi connectivity index (χ0) is 13.5. The molecule has 0 spiro atoms. The number of methoxy groups -OCH3 is 1. The summed E-state index contributed by atoms with van der Waals surface area (Å²) in [6, 6.07) is 0.231. The molecule has 104 valence electrons. The lowest BCUT2D eigenvalue weighted by atomic mass is 9.85. The molecule has 0 saturated heterocycles. The largest absolute Gasteiger partial charge is 0.468 e. The molecule has 1 amide bonds. The maximum atomic E-state index is 12.3. The van der Waals surface area contributed by atoms with Gasteiger partial charge in [-0.15, -0.1) is 0 Å². The van der Waals surface area contributed by atoms with Crippen molar-refractivity contribution in [3.8, 4) is 0 Å². The van der Waals surface area contributed by atoms with Crippen LogP contribution in [0.25, 0.3) is 0 Å². The number of hydrogen-bond acceptors (Lipinski definition) is 4. The number of carbonyl (C=O) groups is 2. The van der Waals surface area contributed by atoms with Gasteiger partial charge in [-0.1, -0.05) is 6.92 Å². The molecule has 0 bridgehead atoms. The van der Waals surface area contributed by atoms with E-state index in [0.29, 0.717) is 6.54 Å². The summed E-state index contributed by atoms with van der Waals surface area (Å²) in [7, 11) is 1.34. The maximum Gasteiger partial charge on any atom is 0.325 e. The second-order valence-corrected chi connectivity index (χ2v) is 4.95. The zero-order valence-corrected chi connectivity index (χ0v) is 11.4. The van der Waals surface area contributed by atoms with Gasteiger partial charge in [-0.3, -0.25) is 9.59 Å². The summed E-state index contributed by atoms with van der Waals surface area (Å²) < 4.78 is 4.63. The van der Waals surface area contributed by atoms with Crippen LogP contribution in [-0.2, 0) is 14.3 Å². The fourth-order valence-electron chi connectivity index (χ4n) is 2.38. The lowest BCUT2D eigenvalue weighted by molar-refractivity contribution is -0.149. The van der Waals surface area contributed by atoms with E-state index in [9.17, 15) is 9.59 Å². The van der Waals surface area contributed by atoms with Crippen molar-refractivity contribution >= 4 is 11.9 Å². The van der Waals surface area contributed by atoms with Gasteiger partial charge in [0.15, 0.2) is 0 Å². The molecule has 0 atom stereocenters. The van der Waals surface area contributed by atoms with Gasteiger partial charge in [-0.2, -0.15) is 0 Å². The molecule has 0 radical (unpaired) electrons. The number of hydrogen-bond donors (Lipinski definition) is 1. The summed E-state index contributed by atoms with van der Waals surface area (Å²) >= 11 is 0. The first-order chi connectivity index (χ1) is 8.58. The molecule has 0 aliphatic heterocycles. The molecule has 1 aliphatic carbocycles. The number of carbonyl (C=O) groups excluding carboxylic acids is 2. The van der Waals surface area contributed by atoms with Crippen LogP contribution < -0.4 is 5.73 Å². The first-order valence-electron chi connectivity index (χ1n) is 6.69. The minimum Gasteiger partial charge on any atom is -0.468 e. The van der Waals surface area contributed by atoms with Crippen LogP contribution in [0.2, 0.25) is 0 Å². The van der Waals surface area contributed by atoms with Crippen molar-refractivity contribution < 1.29 is 14.3 Å². The van der Waals surface area contributed by atoms with Gasteiger partial charge < -0.3 is 15.4 Å². The van der Waals surface area contributed by atoms with Crippen LogP contribution in [0.5, 0.6) is 0 Å². The Bertz CT molecular complexity index is 286. The lowest BCUT2D eigenvalue weighted by Crippen LogP contribution is -2.42. The van der Waals surface area contributed by atoms with E-state index in [1.807, 2.05) is 6.92 Å². The molecule has 0 aromatic rings. The van der Waals surface area contributed by atoms with Crippen molar-refractivity contribution in [2.75, 3.05) is 20.2 Å². The van der Waals surface area contributed by atoms with E-state index >= 15 is 0 Å². The molecular formula is C13H24N2O3. The highest BCUT2D eigenvalue weighted by Gasteiger charge is 2.28. The van der Waals surface area contributed by atoms with Crippen molar-refractivity contribution in [2.45, 2.75) is 45.1 Å². The highest BCUT2D eigenvalue weighted by Crippen LogP contribution is 2.25.